The molecule has 2 aliphatic carbocycles. The molecule has 2 aliphatic rings. The second kappa shape index (κ2) is 18.7. The lowest BCUT2D eigenvalue weighted by atomic mass is 9.67. The van der Waals surface area contributed by atoms with Crippen LogP contribution in [0.15, 0.2) is 206 Å². The van der Waals surface area contributed by atoms with E-state index in [9.17, 15) is 0 Å². The van der Waals surface area contributed by atoms with Crippen molar-refractivity contribution in [1.29, 1.82) is 0 Å². The van der Waals surface area contributed by atoms with Crippen LogP contribution in [0.2, 0.25) is 0 Å². The van der Waals surface area contributed by atoms with Gasteiger partial charge in [-0.15, -0.1) is 25.7 Å². The summed E-state index contributed by atoms with van der Waals surface area (Å²) in [5.41, 5.74) is 15.3. The van der Waals surface area contributed by atoms with Crippen molar-refractivity contribution in [2.45, 2.75) is 10.8 Å². The average molecular weight is 951 g/mol. The van der Waals surface area contributed by atoms with Crippen molar-refractivity contribution >= 4 is 21.5 Å². The molecule has 0 bridgehead atoms. The van der Waals surface area contributed by atoms with Crippen LogP contribution in [0.3, 0.4) is 0 Å². The van der Waals surface area contributed by atoms with Gasteiger partial charge in [-0.05, 0) is 136 Å². The van der Waals surface area contributed by atoms with E-state index in [-0.39, 0.29) is 26.4 Å². The van der Waals surface area contributed by atoms with Gasteiger partial charge in [0.25, 0.3) is 0 Å². The molecule has 0 spiro atoms. The number of rotatable bonds is 13. The van der Waals surface area contributed by atoms with Crippen LogP contribution in [0.25, 0.3) is 54.9 Å². The maximum atomic E-state index is 6.03. The van der Waals surface area contributed by atoms with Crippen LogP contribution < -0.4 is 18.9 Å². The van der Waals surface area contributed by atoms with Gasteiger partial charge in [0.2, 0.25) is 0 Å². The van der Waals surface area contributed by atoms with Crippen molar-refractivity contribution < 1.29 is 18.9 Å². The van der Waals surface area contributed by atoms with E-state index in [0.717, 1.165) is 54.9 Å². The fourth-order valence-electron chi connectivity index (χ4n) is 11.8. The van der Waals surface area contributed by atoms with Gasteiger partial charge in [-0.25, -0.2) is 0 Å². The average Bonchev–Trinajstić information content (AvgIpc) is 3.94. The minimum Gasteiger partial charge on any atom is -0.477 e. The molecule has 0 N–H and O–H groups in total. The number of benzene rings is 10. The summed E-state index contributed by atoms with van der Waals surface area (Å²) in [6.45, 7) is 0.423. The third-order valence-corrected chi connectivity index (χ3v) is 14.8. The van der Waals surface area contributed by atoms with E-state index >= 15 is 0 Å². The molecule has 0 saturated carbocycles. The Morgan fingerprint density at radius 1 is 0.284 bits per heavy atom. The molecule has 0 atom stereocenters. The van der Waals surface area contributed by atoms with Gasteiger partial charge in [-0.1, -0.05) is 194 Å². The monoisotopic (exact) mass is 950 g/mol. The molecule has 12 rings (SSSR count). The van der Waals surface area contributed by atoms with Gasteiger partial charge >= 0.3 is 0 Å². The van der Waals surface area contributed by atoms with E-state index in [4.69, 9.17) is 44.6 Å². The van der Waals surface area contributed by atoms with Gasteiger partial charge in [-0.3, -0.25) is 0 Å². The second-order valence-electron chi connectivity index (χ2n) is 18.5. The quantitative estimate of drug-likeness (QED) is 0.108. The van der Waals surface area contributed by atoms with Gasteiger partial charge in [0.1, 0.15) is 26.4 Å². The fraction of sp³-hybridized carbons (Fsp3) is 0.0857. The van der Waals surface area contributed by atoms with E-state index < -0.39 is 10.8 Å². The largest absolute Gasteiger partial charge is 0.477 e. The van der Waals surface area contributed by atoms with Crippen LogP contribution in [-0.2, 0) is 10.8 Å². The molecule has 0 fully saturated rings. The van der Waals surface area contributed by atoms with Gasteiger partial charge in [-0.2, -0.15) is 0 Å². The van der Waals surface area contributed by atoms with E-state index in [1.807, 2.05) is 24.3 Å². The van der Waals surface area contributed by atoms with E-state index in [1.165, 1.54) is 44.5 Å². The van der Waals surface area contributed by atoms with Crippen LogP contribution in [0.4, 0.5) is 0 Å². The van der Waals surface area contributed by atoms with Crippen LogP contribution in [0, 0.1) is 49.4 Å². The summed E-state index contributed by atoms with van der Waals surface area (Å²) in [6, 6.07) is 74.7. The Morgan fingerprint density at radius 3 is 0.851 bits per heavy atom. The molecule has 74 heavy (non-hydrogen) atoms. The predicted octanol–water partition coefficient (Wildman–Crippen LogP) is 14.4. The molecular weight excluding hydrogens is 905 g/mol. The Bertz CT molecular complexity index is 3660. The van der Waals surface area contributed by atoms with Crippen molar-refractivity contribution in [3.8, 4) is 106 Å². The minimum absolute atomic E-state index is 0.0995. The Hall–Kier alpha value is -9.84. The number of terminal acetylenes is 4. The first-order chi connectivity index (χ1) is 36.5. The first kappa shape index (κ1) is 45.3. The van der Waals surface area contributed by atoms with Crippen LogP contribution in [-0.4, -0.2) is 26.4 Å². The number of fused-ring (bicyclic) bond motifs is 8. The van der Waals surface area contributed by atoms with E-state index in [1.54, 1.807) is 0 Å². The molecule has 10 aromatic carbocycles. The standard InChI is InChI=1S/C70H46O4/c1-5-37-71-65-43-49-29-35-55(41-51(49)45-67(65)73-39-7-3)69(61-21-13-9-17-57(61)58-18-10-14-22-62(58)69)53-31-25-47(26-32-53)48-27-33-54(34-28-48)70(63-23-15-11-19-59(63)60-20-12-16-24-64(60)70)56-36-30-50-44-66(72-38-6-2)68(74-40-8-4)46-52(50)42-56/h1-4,9-36,41-46H,37-40H2. The third-order valence-electron chi connectivity index (χ3n) is 14.8. The molecule has 0 unspecified atom stereocenters. The SMILES string of the molecule is C#CCOc1cc2ccc(C3(c4ccc(-c5ccc(C6(c7ccc8cc(OCC#C)c(OCC#C)cc8c7)c7ccccc7-c7ccccc76)cc5)cc4)c4ccccc4-c4ccccc43)cc2cc1OCC#C. The maximum Gasteiger partial charge on any atom is 0.163 e. The van der Waals surface area contributed by atoms with Gasteiger partial charge in [0.15, 0.2) is 23.0 Å². The van der Waals surface area contributed by atoms with Crippen molar-refractivity contribution in [3.05, 3.63) is 251 Å². The fourth-order valence-corrected chi connectivity index (χ4v) is 11.8. The lowest BCUT2D eigenvalue weighted by Gasteiger charge is -2.34. The van der Waals surface area contributed by atoms with Crippen LogP contribution in [0.5, 0.6) is 23.0 Å². The zero-order valence-electron chi connectivity index (χ0n) is 40.4. The Labute approximate surface area is 432 Å². The number of hydrogen-bond acceptors (Lipinski definition) is 4. The Balaban J connectivity index is 0.980. The highest BCUT2D eigenvalue weighted by molar-refractivity contribution is 5.93. The molecule has 0 saturated heterocycles. The highest BCUT2D eigenvalue weighted by Crippen LogP contribution is 2.58. The van der Waals surface area contributed by atoms with Crippen LogP contribution in [0.1, 0.15) is 44.5 Å². The zero-order valence-corrected chi connectivity index (χ0v) is 40.4. The molecule has 0 heterocycles. The highest BCUT2D eigenvalue weighted by Gasteiger charge is 2.47. The molecular formula is C70H46O4. The molecule has 0 amide bonds. The van der Waals surface area contributed by atoms with Crippen molar-refractivity contribution in [3.63, 3.8) is 0 Å². The molecule has 350 valence electrons. The summed E-state index contributed by atoms with van der Waals surface area (Å²) in [5.74, 6) is 12.5. The lowest BCUT2D eigenvalue weighted by Crippen LogP contribution is -2.28. The van der Waals surface area contributed by atoms with E-state index in [2.05, 4.69) is 206 Å². The smallest absolute Gasteiger partial charge is 0.163 e. The van der Waals surface area contributed by atoms with Crippen LogP contribution >= 0.6 is 0 Å². The highest BCUT2D eigenvalue weighted by atomic mass is 16.5. The van der Waals surface area contributed by atoms with E-state index in [0.29, 0.717) is 23.0 Å². The summed E-state index contributed by atoms with van der Waals surface area (Å²) >= 11 is 0. The van der Waals surface area contributed by atoms with Gasteiger partial charge in [0, 0.05) is 0 Å². The molecule has 0 aromatic heterocycles. The van der Waals surface area contributed by atoms with Gasteiger partial charge < -0.3 is 18.9 Å². The summed E-state index contributed by atoms with van der Waals surface area (Å²) in [5, 5.41) is 3.98. The number of ether oxygens (including phenoxy) is 4. The topological polar surface area (TPSA) is 36.9 Å². The lowest BCUT2D eigenvalue weighted by molar-refractivity contribution is 0.315. The summed E-state index contributed by atoms with van der Waals surface area (Å²) in [6.07, 6.45) is 22.4. The summed E-state index contributed by atoms with van der Waals surface area (Å²) in [7, 11) is 0. The first-order valence-electron chi connectivity index (χ1n) is 24.5. The molecule has 0 aliphatic heterocycles. The maximum absolute atomic E-state index is 6.03. The normalized spacial score (nSPS) is 13.0. The van der Waals surface area contributed by atoms with Crippen molar-refractivity contribution in [2.75, 3.05) is 26.4 Å². The van der Waals surface area contributed by atoms with Gasteiger partial charge in [0.05, 0.1) is 10.8 Å². The Morgan fingerprint density at radius 2 is 0.554 bits per heavy atom. The van der Waals surface area contributed by atoms with Crippen molar-refractivity contribution in [1.82, 2.24) is 0 Å². The third kappa shape index (κ3) is 7.16. The number of hydrogen-bond donors (Lipinski definition) is 0. The van der Waals surface area contributed by atoms with Crippen molar-refractivity contribution in [2.24, 2.45) is 0 Å². The molecule has 10 aromatic rings. The Kier molecular flexibility index (Phi) is 11.5. The molecule has 0 radical (unpaired) electrons. The minimum atomic E-state index is -0.637. The second-order valence-corrected chi connectivity index (χ2v) is 18.5. The summed E-state index contributed by atoms with van der Waals surface area (Å²) < 4.78 is 23.9. The zero-order chi connectivity index (χ0) is 50.2. The summed E-state index contributed by atoms with van der Waals surface area (Å²) in [4.78, 5) is 0. The molecule has 4 nitrogen and oxygen atoms in total. The first-order valence-corrected chi connectivity index (χ1v) is 24.5. The molecule has 4 heteroatoms. The predicted molar refractivity (Wildman–Crippen MR) is 299 cm³/mol.